The maximum Gasteiger partial charge on any atom is 0.407 e. The van der Waals surface area contributed by atoms with Crippen LogP contribution in [0.15, 0.2) is 77.9 Å². The number of nitrogens with one attached hydrogen (secondary N) is 6. The van der Waals surface area contributed by atoms with Crippen molar-refractivity contribution >= 4 is 93.8 Å². The number of carbonyl (C=O) groups excluding carboxylic acids is 4. The summed E-state index contributed by atoms with van der Waals surface area (Å²) in [7, 11) is -10.0. The van der Waals surface area contributed by atoms with Gasteiger partial charge in [-0.2, -0.15) is 16.8 Å². The molecule has 1 aromatic heterocycles. The molecule has 1 saturated heterocycles. The van der Waals surface area contributed by atoms with Crippen LogP contribution >= 0.6 is 0 Å². The normalized spacial score (nSPS) is 15.0. The Morgan fingerprint density at radius 2 is 1.08 bits per heavy atom. The third-order valence-corrected chi connectivity index (χ3v) is 16.3. The van der Waals surface area contributed by atoms with Crippen molar-refractivity contribution in [3.63, 3.8) is 0 Å². The van der Waals surface area contributed by atoms with Crippen LogP contribution < -0.4 is 37.1 Å². The number of amides is 7. The molecule has 3 radical (unpaired) electrons. The Balaban J connectivity index is 0.0000192. The summed E-state index contributed by atoms with van der Waals surface area (Å²) in [6, 6.07) is 20.1. The Morgan fingerprint density at radius 3 is 1.62 bits per heavy atom. The molecule has 5 rings (SSSR count). The number of aromatic nitrogens is 1. The molecule has 2 atom stereocenters. The van der Waals surface area contributed by atoms with E-state index in [9.17, 15) is 74.8 Å². The van der Waals surface area contributed by atoms with Crippen molar-refractivity contribution < 1.29 is 93.8 Å². The van der Waals surface area contributed by atoms with Crippen LogP contribution in [0.25, 0.3) is 22.4 Å². The van der Waals surface area contributed by atoms with Crippen LogP contribution in [-0.2, 0) is 53.6 Å². The van der Waals surface area contributed by atoms with Gasteiger partial charge < -0.3 is 70.2 Å². The number of carboxylic acid groups (broad SMARTS) is 3. The molecule has 3 heterocycles. The van der Waals surface area contributed by atoms with E-state index in [-0.39, 0.29) is 129 Å². The second-order valence-corrected chi connectivity index (χ2v) is 25.7. The number of ether oxygens (including phenoxy) is 4. The van der Waals surface area contributed by atoms with Gasteiger partial charge in [-0.05, 0) is 62.1 Å². The van der Waals surface area contributed by atoms with E-state index in [1.807, 2.05) is 64.9 Å². The van der Waals surface area contributed by atoms with Gasteiger partial charge in [-0.15, -0.1) is 10.6 Å². The van der Waals surface area contributed by atoms with E-state index in [4.69, 9.17) is 23.9 Å². The van der Waals surface area contributed by atoms with E-state index in [0.29, 0.717) is 58.1 Å². The van der Waals surface area contributed by atoms with E-state index in [1.54, 1.807) is 0 Å². The summed E-state index contributed by atoms with van der Waals surface area (Å²) in [5, 5.41) is 44.8. The molecule has 11 N–H and O–H groups in total. The van der Waals surface area contributed by atoms with Crippen LogP contribution in [0.2, 0.25) is 0 Å². The van der Waals surface area contributed by atoms with E-state index in [0.717, 1.165) is 68.6 Å². The molecule has 0 spiro atoms. The molecule has 0 aliphatic carbocycles. The third kappa shape index (κ3) is 31.5. The minimum absolute atomic E-state index is 0. The molecular weight excluding hydrogens is 1390 g/mol. The van der Waals surface area contributed by atoms with Gasteiger partial charge in [0, 0.05) is 135 Å². The molecular formula is C59H89InN13O20S2. The summed E-state index contributed by atoms with van der Waals surface area (Å²) in [4.78, 5) is 96.6. The third-order valence-electron chi connectivity index (χ3n) is 14.8. The standard InChI is InChI=1S/C59H89N13O20S2.In/c1-59(2,20-10-12-34-92-52-40-46(44-15-5-3-6-16-44)39-47(63-52)45-17-7-4-8-18-45)55-65-66-67-72(55)23-11-9-19-50(73)60-21-13-32-89-35-37-91-38-36-90-33-14-22-61-53(75)48(42-93(83,84)85)64-54(76)49(43-94(86,87)88)62-51(74)41-68-24-26-69(56(77)78)28-30-71(58(81)82)31-29-70(27-25-68)57(79)80;/h3-8,15-18,39-40,48-49,66-67H,9-14,19-38,41-43H2,1-2H3,(H,60,73)(H,61,75)(H,62,74)(H,64,76)(H,77,78)(H,79,80)(H,81,82)(H,83,84,85)(H,86,87,88);/t48-,49-;/m0./s1/i;1-4. The van der Waals surface area contributed by atoms with Crippen molar-refractivity contribution in [1.29, 1.82) is 0 Å². The van der Waals surface area contributed by atoms with Gasteiger partial charge in [0.1, 0.15) is 29.4 Å². The Morgan fingerprint density at radius 1 is 0.579 bits per heavy atom. The van der Waals surface area contributed by atoms with Gasteiger partial charge in [-0.3, -0.25) is 38.2 Å². The number of rotatable bonds is 38. The number of pyridine rings is 1. The Bertz CT molecular complexity index is 3100. The zero-order valence-corrected chi connectivity index (χ0v) is 58.4. The largest absolute Gasteiger partial charge is 0.478 e. The van der Waals surface area contributed by atoms with Gasteiger partial charge in [0.25, 0.3) is 20.2 Å². The molecule has 95 heavy (non-hydrogen) atoms. The molecule has 525 valence electrons. The number of benzene rings is 2. The first-order chi connectivity index (χ1) is 44.8. The molecule has 2 aromatic carbocycles. The van der Waals surface area contributed by atoms with Gasteiger partial charge in [0.15, 0.2) is 0 Å². The van der Waals surface area contributed by atoms with Gasteiger partial charge in [-0.25, -0.2) is 24.9 Å². The number of nitrogens with zero attached hydrogens (tertiary/aromatic N) is 7. The smallest absolute Gasteiger partial charge is 0.407 e. The molecule has 0 bridgehead atoms. The second-order valence-electron chi connectivity index (χ2n) is 22.7. The van der Waals surface area contributed by atoms with Crippen molar-refractivity contribution in [1.82, 2.24) is 61.9 Å². The van der Waals surface area contributed by atoms with E-state index < -0.39 is 86.4 Å². The van der Waals surface area contributed by atoms with E-state index in [2.05, 4.69) is 64.2 Å². The molecule has 36 heteroatoms. The zero-order chi connectivity index (χ0) is 68.5. The van der Waals surface area contributed by atoms with Crippen LogP contribution in [0.1, 0.15) is 65.2 Å². The minimum Gasteiger partial charge on any atom is -0.478 e. The Kier molecular flexibility index (Phi) is 35.3. The zero-order valence-electron chi connectivity index (χ0n) is 53.5. The first-order valence-electron chi connectivity index (χ1n) is 30.8. The molecule has 1 fully saturated rings. The van der Waals surface area contributed by atoms with E-state index in [1.165, 1.54) is 4.90 Å². The number of carbonyl (C=O) groups is 7. The Hall–Kier alpha value is -7.16. The number of hydrazine groups is 2. The number of hydrogen-bond donors (Lipinski definition) is 11. The first kappa shape index (κ1) is 80.3. The summed E-state index contributed by atoms with van der Waals surface area (Å²) in [5.41, 5.74) is 9.77. The molecule has 2 aliphatic rings. The number of unbranched alkanes of at least 4 members (excludes halogenated alkanes) is 2. The van der Waals surface area contributed by atoms with Crippen molar-refractivity contribution in [3.8, 4) is 28.3 Å². The summed E-state index contributed by atoms with van der Waals surface area (Å²) < 4.78 is 89.8. The molecule has 3 aromatic rings. The van der Waals surface area contributed by atoms with Crippen LogP contribution in [0.4, 0.5) is 14.4 Å². The fraction of sp³-hybridized carbons (Fsp3) is 0.576. The fourth-order valence-electron chi connectivity index (χ4n) is 9.81. The van der Waals surface area contributed by atoms with Crippen LogP contribution in [0, 0.1) is 5.41 Å². The summed E-state index contributed by atoms with van der Waals surface area (Å²) in [5.74, 6) is -5.14. The molecule has 0 unspecified atom stereocenters. The predicted octanol–water partition coefficient (Wildman–Crippen LogP) is 1.48. The average molecular weight is 1480 g/mol. The monoisotopic (exact) mass is 1470 g/mol. The summed E-state index contributed by atoms with van der Waals surface area (Å²) in [6.45, 7) is 4.16. The number of hydrazone groups is 1. The summed E-state index contributed by atoms with van der Waals surface area (Å²) >= 11 is 0. The molecule has 33 nitrogen and oxygen atoms in total. The van der Waals surface area contributed by atoms with Crippen molar-refractivity contribution in [2.24, 2.45) is 10.5 Å². The maximum atomic E-state index is 13.4. The van der Waals surface area contributed by atoms with Crippen molar-refractivity contribution in [2.75, 3.05) is 136 Å². The Labute approximate surface area is 571 Å². The first-order valence-corrected chi connectivity index (χ1v) is 34.0. The molecule has 0 saturated carbocycles. The molecule has 7 amide bonds. The quantitative estimate of drug-likeness (QED) is 0.0286. The topological polar surface area (TPSA) is 439 Å². The fourth-order valence-corrected chi connectivity index (χ4v) is 11.1. The van der Waals surface area contributed by atoms with Crippen molar-refractivity contribution in [3.05, 3.63) is 72.8 Å². The van der Waals surface area contributed by atoms with Crippen LogP contribution in [0.5, 0.6) is 5.88 Å². The van der Waals surface area contributed by atoms with Crippen LogP contribution in [0.3, 0.4) is 0 Å². The van der Waals surface area contributed by atoms with Gasteiger partial charge in [0.2, 0.25) is 29.5 Å². The molecule has 2 aliphatic heterocycles. The van der Waals surface area contributed by atoms with Gasteiger partial charge in [0.05, 0.1) is 45.3 Å². The average Bonchev–Trinajstić information content (AvgIpc) is 1.79. The van der Waals surface area contributed by atoms with Crippen LogP contribution in [-0.4, -0.2) is 293 Å². The number of amidine groups is 1. The maximum absolute atomic E-state index is 13.4. The van der Waals surface area contributed by atoms with Crippen molar-refractivity contribution in [2.45, 2.75) is 77.3 Å². The minimum atomic E-state index is -5.07. The van der Waals surface area contributed by atoms with Gasteiger partial charge in [-0.1, -0.05) is 74.5 Å². The SMILES string of the molecule is CC(C)(CCCCOc1cc(-c2ccccc2)cc(-c2ccccc2)n1)C1=NNNN1CCCCC(=O)NCCCOCCOCCOCCCNC(=O)[C@H](CS(=O)(=O)O)NC(=O)[C@H](CS(=O)(=O)O)NC(=O)CN1CCN(C(=O)O)CCN(C(=O)O)CCN(C(=O)O)CC1.[111In]. The van der Waals surface area contributed by atoms with E-state index >= 15 is 0 Å². The second kappa shape index (κ2) is 41.7. The predicted molar refractivity (Wildman–Crippen MR) is 348 cm³/mol. The van der Waals surface area contributed by atoms with Gasteiger partial charge >= 0.3 is 18.3 Å². The number of hydrogen-bond acceptors (Lipinski definition) is 21. The summed E-state index contributed by atoms with van der Waals surface area (Å²) in [6.07, 6.45) is 0.942.